The first-order valence-electron chi connectivity index (χ1n) is 10.8. The molecule has 3 rings (SSSR count). The summed E-state index contributed by atoms with van der Waals surface area (Å²) in [7, 11) is 1.81. The van der Waals surface area contributed by atoms with Crippen molar-refractivity contribution in [3.8, 4) is 5.75 Å². The highest BCUT2D eigenvalue weighted by Gasteiger charge is 2.17. The summed E-state index contributed by atoms with van der Waals surface area (Å²) in [5.41, 5.74) is 3.46. The molecule has 6 nitrogen and oxygen atoms in total. The number of rotatable bonds is 10. The van der Waals surface area contributed by atoms with Gasteiger partial charge in [0, 0.05) is 49.3 Å². The Hall–Kier alpha value is -2.12. The molecular weight excluding hydrogens is 396 g/mol. The van der Waals surface area contributed by atoms with E-state index in [0.29, 0.717) is 19.1 Å². The number of guanidine groups is 1. The SMILES string of the molecule is CN=C(NCCCCc1nc(C)cs1)NCc1ccc(C)cc1OCC1CCOC1. The third kappa shape index (κ3) is 7.29. The lowest BCUT2D eigenvalue weighted by Crippen LogP contribution is -2.37. The summed E-state index contributed by atoms with van der Waals surface area (Å²) < 4.78 is 11.6. The first kappa shape index (κ1) is 22.6. The highest BCUT2D eigenvalue weighted by Crippen LogP contribution is 2.22. The summed E-state index contributed by atoms with van der Waals surface area (Å²) in [4.78, 5) is 8.87. The molecule has 1 aliphatic heterocycles. The van der Waals surface area contributed by atoms with Crippen LogP contribution in [0.4, 0.5) is 0 Å². The molecule has 1 aliphatic rings. The number of hydrogen-bond donors (Lipinski definition) is 2. The summed E-state index contributed by atoms with van der Waals surface area (Å²) in [5, 5.41) is 10.2. The highest BCUT2D eigenvalue weighted by molar-refractivity contribution is 7.09. The fourth-order valence-corrected chi connectivity index (χ4v) is 4.21. The van der Waals surface area contributed by atoms with Crippen LogP contribution in [0.3, 0.4) is 0 Å². The van der Waals surface area contributed by atoms with Gasteiger partial charge in [-0.2, -0.15) is 0 Å². The number of ether oxygens (including phenoxy) is 2. The van der Waals surface area contributed by atoms with Crippen LogP contribution in [0.5, 0.6) is 5.75 Å². The van der Waals surface area contributed by atoms with E-state index in [9.17, 15) is 0 Å². The normalized spacial score (nSPS) is 16.6. The molecule has 0 aliphatic carbocycles. The second-order valence-electron chi connectivity index (χ2n) is 7.84. The second kappa shape index (κ2) is 11.9. The monoisotopic (exact) mass is 430 g/mol. The van der Waals surface area contributed by atoms with Crippen molar-refractivity contribution in [1.82, 2.24) is 15.6 Å². The van der Waals surface area contributed by atoms with E-state index in [2.05, 4.69) is 51.1 Å². The number of hydrogen-bond acceptors (Lipinski definition) is 5. The van der Waals surface area contributed by atoms with E-state index in [0.717, 1.165) is 68.4 Å². The molecule has 1 fully saturated rings. The molecule has 1 aromatic carbocycles. The van der Waals surface area contributed by atoms with E-state index in [-0.39, 0.29) is 0 Å². The average Bonchev–Trinajstić information content (AvgIpc) is 3.41. The minimum atomic E-state index is 0.494. The van der Waals surface area contributed by atoms with Crippen molar-refractivity contribution in [3.05, 3.63) is 45.4 Å². The maximum absolute atomic E-state index is 6.14. The predicted octanol–water partition coefficient (Wildman–Crippen LogP) is 3.86. The standard InChI is InChI=1S/C23H34N4O2S/c1-17-7-8-20(21(12-17)29-15-19-9-11-28-14-19)13-26-23(24-3)25-10-5-4-6-22-27-18(2)16-30-22/h7-8,12,16,19H,4-6,9-11,13-15H2,1-3H3,(H2,24,25,26). The van der Waals surface area contributed by atoms with Crippen LogP contribution >= 0.6 is 11.3 Å². The molecule has 7 heteroatoms. The van der Waals surface area contributed by atoms with Gasteiger partial charge in [0.05, 0.1) is 18.2 Å². The number of aromatic nitrogens is 1. The van der Waals surface area contributed by atoms with E-state index in [1.165, 1.54) is 10.6 Å². The Kier molecular flexibility index (Phi) is 8.96. The first-order chi connectivity index (χ1) is 14.6. The maximum Gasteiger partial charge on any atom is 0.191 e. The number of unbranched alkanes of at least 4 members (excludes halogenated alkanes) is 1. The Bertz CT molecular complexity index is 815. The Balaban J connectivity index is 1.41. The van der Waals surface area contributed by atoms with Gasteiger partial charge >= 0.3 is 0 Å². The van der Waals surface area contributed by atoms with Crippen molar-refractivity contribution in [2.75, 3.05) is 33.4 Å². The van der Waals surface area contributed by atoms with E-state index in [4.69, 9.17) is 9.47 Å². The van der Waals surface area contributed by atoms with Crippen molar-refractivity contribution in [3.63, 3.8) is 0 Å². The maximum atomic E-state index is 6.14. The molecule has 1 aromatic heterocycles. The first-order valence-corrected chi connectivity index (χ1v) is 11.7. The Labute approximate surface area is 184 Å². The molecule has 30 heavy (non-hydrogen) atoms. The van der Waals surface area contributed by atoms with Gasteiger partial charge in [0.2, 0.25) is 0 Å². The largest absolute Gasteiger partial charge is 0.493 e. The third-order valence-electron chi connectivity index (χ3n) is 5.17. The molecular formula is C23H34N4O2S. The molecule has 164 valence electrons. The Morgan fingerprint density at radius 2 is 2.20 bits per heavy atom. The van der Waals surface area contributed by atoms with Gasteiger partial charge in [0.1, 0.15) is 5.75 Å². The van der Waals surface area contributed by atoms with Gasteiger partial charge in [-0.3, -0.25) is 4.99 Å². The molecule has 1 unspecified atom stereocenters. The number of nitrogens with zero attached hydrogens (tertiary/aromatic N) is 2. The Morgan fingerprint density at radius 1 is 1.30 bits per heavy atom. The van der Waals surface area contributed by atoms with Crippen LogP contribution in [-0.2, 0) is 17.7 Å². The summed E-state index contributed by atoms with van der Waals surface area (Å²) in [5.74, 6) is 2.26. The fourth-order valence-electron chi connectivity index (χ4n) is 3.39. The zero-order chi connectivity index (χ0) is 21.2. The van der Waals surface area contributed by atoms with Crippen LogP contribution in [0, 0.1) is 19.8 Å². The number of nitrogens with one attached hydrogen (secondary N) is 2. The molecule has 0 amide bonds. The van der Waals surface area contributed by atoms with Gasteiger partial charge in [-0.05, 0) is 51.2 Å². The van der Waals surface area contributed by atoms with E-state index in [1.807, 2.05) is 6.92 Å². The summed E-state index contributed by atoms with van der Waals surface area (Å²) >= 11 is 1.75. The lowest BCUT2D eigenvalue weighted by molar-refractivity contribution is 0.166. The number of aryl methyl sites for hydroxylation is 3. The van der Waals surface area contributed by atoms with Gasteiger partial charge in [0.25, 0.3) is 0 Å². The van der Waals surface area contributed by atoms with Crippen LogP contribution < -0.4 is 15.4 Å². The zero-order valence-electron chi connectivity index (χ0n) is 18.4. The van der Waals surface area contributed by atoms with Gasteiger partial charge in [-0.15, -0.1) is 11.3 Å². The molecule has 0 spiro atoms. The lowest BCUT2D eigenvalue weighted by atomic mass is 10.1. The van der Waals surface area contributed by atoms with E-state index >= 15 is 0 Å². The van der Waals surface area contributed by atoms with Crippen molar-refractivity contribution in [2.45, 2.75) is 46.1 Å². The number of thiazole rings is 1. The number of benzene rings is 1. The van der Waals surface area contributed by atoms with Crippen LogP contribution in [0.2, 0.25) is 0 Å². The van der Waals surface area contributed by atoms with Crippen LogP contribution in [0.25, 0.3) is 0 Å². The molecule has 0 radical (unpaired) electrons. The van der Waals surface area contributed by atoms with E-state index < -0.39 is 0 Å². The highest BCUT2D eigenvalue weighted by atomic mass is 32.1. The fraction of sp³-hybridized carbons (Fsp3) is 0.565. The van der Waals surface area contributed by atoms with Gasteiger partial charge < -0.3 is 20.1 Å². The Morgan fingerprint density at radius 3 is 2.93 bits per heavy atom. The summed E-state index contributed by atoms with van der Waals surface area (Å²) in [6.07, 6.45) is 4.33. The molecule has 0 bridgehead atoms. The van der Waals surface area contributed by atoms with Gasteiger partial charge in [-0.25, -0.2) is 4.98 Å². The minimum absolute atomic E-state index is 0.494. The minimum Gasteiger partial charge on any atom is -0.493 e. The molecule has 2 N–H and O–H groups in total. The average molecular weight is 431 g/mol. The van der Waals surface area contributed by atoms with Crippen LogP contribution in [-0.4, -0.2) is 44.4 Å². The van der Waals surface area contributed by atoms with Crippen LogP contribution in [0.15, 0.2) is 28.6 Å². The predicted molar refractivity (Wildman–Crippen MR) is 124 cm³/mol. The van der Waals surface area contributed by atoms with Crippen molar-refractivity contribution in [1.29, 1.82) is 0 Å². The van der Waals surface area contributed by atoms with Crippen molar-refractivity contribution < 1.29 is 9.47 Å². The molecule has 1 saturated heterocycles. The topological polar surface area (TPSA) is 67.8 Å². The smallest absolute Gasteiger partial charge is 0.191 e. The summed E-state index contributed by atoms with van der Waals surface area (Å²) in [6, 6.07) is 6.37. The lowest BCUT2D eigenvalue weighted by Gasteiger charge is -2.17. The molecule has 1 atom stereocenters. The van der Waals surface area contributed by atoms with Crippen molar-refractivity contribution >= 4 is 17.3 Å². The quantitative estimate of drug-likeness (QED) is 0.340. The van der Waals surface area contributed by atoms with Gasteiger partial charge in [0.15, 0.2) is 5.96 Å². The molecule has 2 aromatic rings. The summed E-state index contributed by atoms with van der Waals surface area (Å²) in [6.45, 7) is 8.07. The second-order valence-corrected chi connectivity index (χ2v) is 8.79. The molecule has 0 saturated carbocycles. The molecule has 2 heterocycles. The third-order valence-corrected chi connectivity index (χ3v) is 6.19. The van der Waals surface area contributed by atoms with Crippen LogP contribution in [0.1, 0.15) is 41.1 Å². The van der Waals surface area contributed by atoms with E-state index in [1.54, 1.807) is 18.4 Å². The van der Waals surface area contributed by atoms with Gasteiger partial charge in [-0.1, -0.05) is 12.1 Å². The number of aliphatic imine (C=N–C) groups is 1. The van der Waals surface area contributed by atoms with Crippen molar-refractivity contribution in [2.24, 2.45) is 10.9 Å². The zero-order valence-corrected chi connectivity index (χ0v) is 19.2.